The third-order valence-electron chi connectivity index (χ3n) is 3.81. The first kappa shape index (κ1) is 22.5. The lowest BCUT2D eigenvalue weighted by molar-refractivity contribution is -0.135. The van der Waals surface area contributed by atoms with E-state index in [0.717, 1.165) is 38.2 Å². The van der Waals surface area contributed by atoms with Crippen LogP contribution in [0.2, 0.25) is 5.02 Å². The summed E-state index contributed by atoms with van der Waals surface area (Å²) in [7, 11) is 2.00. The molecule has 2 rings (SSSR count). The van der Waals surface area contributed by atoms with Crippen molar-refractivity contribution in [2.24, 2.45) is 0 Å². The molecule has 1 fully saturated rings. The molecule has 0 aromatic heterocycles. The Bertz CT molecular complexity index is 487. The van der Waals surface area contributed by atoms with Crippen molar-refractivity contribution in [1.29, 1.82) is 0 Å². The summed E-state index contributed by atoms with van der Waals surface area (Å²) in [6.45, 7) is 5.92. The molecule has 0 spiro atoms. The lowest BCUT2D eigenvalue weighted by Crippen LogP contribution is -2.51. The predicted molar refractivity (Wildman–Crippen MR) is 101 cm³/mol. The highest BCUT2D eigenvalue weighted by Crippen LogP contribution is 2.24. The van der Waals surface area contributed by atoms with Crippen LogP contribution in [0.4, 0.5) is 0 Å². The summed E-state index contributed by atoms with van der Waals surface area (Å²) in [6.07, 6.45) is 1.06. The summed E-state index contributed by atoms with van der Waals surface area (Å²) in [5, 5.41) is 4.08. The van der Waals surface area contributed by atoms with Crippen LogP contribution in [0.15, 0.2) is 24.3 Å². The van der Waals surface area contributed by atoms with E-state index in [1.54, 1.807) is 0 Å². The monoisotopic (exact) mass is 381 g/mol. The van der Waals surface area contributed by atoms with Crippen LogP contribution in [0, 0.1) is 0 Å². The normalized spacial score (nSPS) is 17.4. The number of carbonyl (C=O) groups is 1. The minimum Gasteiger partial charge on any atom is -0.332 e. The number of hydrogen-bond donors (Lipinski definition) is 1. The number of amides is 1. The Morgan fingerprint density at radius 3 is 2.83 bits per heavy atom. The van der Waals surface area contributed by atoms with Gasteiger partial charge >= 0.3 is 0 Å². The van der Waals surface area contributed by atoms with Gasteiger partial charge in [-0.05, 0) is 37.7 Å². The van der Waals surface area contributed by atoms with Gasteiger partial charge < -0.3 is 10.2 Å². The van der Waals surface area contributed by atoms with Crippen molar-refractivity contribution in [3.05, 3.63) is 34.9 Å². The van der Waals surface area contributed by atoms with Gasteiger partial charge in [-0.2, -0.15) is 0 Å². The second kappa shape index (κ2) is 11.1. The Morgan fingerprint density at radius 2 is 2.17 bits per heavy atom. The fourth-order valence-corrected chi connectivity index (χ4v) is 3.00. The van der Waals surface area contributed by atoms with Crippen molar-refractivity contribution in [2.45, 2.75) is 19.4 Å². The van der Waals surface area contributed by atoms with Crippen molar-refractivity contribution >= 4 is 42.3 Å². The molecule has 7 heteroatoms. The molecule has 4 nitrogen and oxygen atoms in total. The SMILES string of the molecule is CCCN(C)CC(=O)N1CCNCC1c1cccc(Cl)c1.Cl.Cl. The zero-order valence-electron chi connectivity index (χ0n) is 13.6. The lowest BCUT2D eigenvalue weighted by Gasteiger charge is -2.37. The fraction of sp³-hybridized carbons (Fsp3) is 0.562. The Hall–Kier alpha value is -0.520. The molecule has 1 aliphatic rings. The highest BCUT2D eigenvalue weighted by atomic mass is 35.5. The second-order valence-electron chi connectivity index (χ2n) is 5.60. The summed E-state index contributed by atoms with van der Waals surface area (Å²) in [5.41, 5.74) is 1.10. The molecule has 1 aliphatic heterocycles. The summed E-state index contributed by atoms with van der Waals surface area (Å²) in [5.74, 6) is 0.192. The number of nitrogens with zero attached hydrogens (tertiary/aromatic N) is 2. The standard InChI is InChI=1S/C16H24ClN3O.2ClH/c1-3-8-19(2)12-16(21)20-9-7-18-11-15(20)13-5-4-6-14(17)10-13;;/h4-6,10,15,18H,3,7-9,11-12H2,1-2H3;2*1H. The maximum Gasteiger partial charge on any atom is 0.237 e. The number of hydrogen-bond acceptors (Lipinski definition) is 3. The van der Waals surface area contributed by atoms with Gasteiger partial charge in [0, 0.05) is 24.7 Å². The molecule has 1 saturated heterocycles. The average molecular weight is 383 g/mol. The van der Waals surface area contributed by atoms with Gasteiger partial charge in [-0.1, -0.05) is 30.7 Å². The Kier molecular flexibility index (Phi) is 10.9. The molecule has 23 heavy (non-hydrogen) atoms. The highest BCUT2D eigenvalue weighted by Gasteiger charge is 2.28. The molecule has 0 saturated carbocycles. The van der Waals surface area contributed by atoms with Gasteiger partial charge in [-0.15, -0.1) is 24.8 Å². The fourth-order valence-electron chi connectivity index (χ4n) is 2.80. The summed E-state index contributed by atoms with van der Waals surface area (Å²) in [4.78, 5) is 16.6. The van der Waals surface area contributed by atoms with Crippen molar-refractivity contribution in [3.63, 3.8) is 0 Å². The summed E-state index contributed by atoms with van der Waals surface area (Å²) in [6, 6.07) is 7.87. The van der Waals surface area contributed by atoms with Gasteiger partial charge in [0.1, 0.15) is 0 Å². The maximum atomic E-state index is 12.6. The van der Waals surface area contributed by atoms with E-state index >= 15 is 0 Å². The van der Waals surface area contributed by atoms with E-state index < -0.39 is 0 Å². The van der Waals surface area contributed by atoms with Crippen LogP contribution < -0.4 is 5.32 Å². The van der Waals surface area contributed by atoms with E-state index in [1.807, 2.05) is 36.2 Å². The molecule has 1 aromatic rings. The van der Waals surface area contributed by atoms with Crippen molar-refractivity contribution in [1.82, 2.24) is 15.1 Å². The largest absolute Gasteiger partial charge is 0.332 e. The molecule has 0 aliphatic carbocycles. The lowest BCUT2D eigenvalue weighted by atomic mass is 10.0. The van der Waals surface area contributed by atoms with Crippen LogP contribution in [-0.4, -0.2) is 55.5 Å². The molecule has 1 atom stereocenters. The van der Waals surface area contributed by atoms with Gasteiger partial charge in [-0.3, -0.25) is 9.69 Å². The molecule has 1 heterocycles. The number of carbonyl (C=O) groups excluding carboxylic acids is 1. The number of rotatable bonds is 5. The topological polar surface area (TPSA) is 35.6 Å². The summed E-state index contributed by atoms with van der Waals surface area (Å²) >= 11 is 6.08. The van der Waals surface area contributed by atoms with Crippen LogP contribution in [0.5, 0.6) is 0 Å². The first-order valence-corrected chi connectivity index (χ1v) is 7.93. The van der Waals surface area contributed by atoms with Gasteiger partial charge in [-0.25, -0.2) is 0 Å². The van der Waals surface area contributed by atoms with Gasteiger partial charge in [0.2, 0.25) is 5.91 Å². The average Bonchev–Trinajstić information content (AvgIpc) is 2.47. The third kappa shape index (κ3) is 6.48. The van der Waals surface area contributed by atoms with Crippen molar-refractivity contribution < 1.29 is 4.79 Å². The van der Waals surface area contributed by atoms with E-state index in [4.69, 9.17) is 11.6 Å². The zero-order chi connectivity index (χ0) is 15.2. The molecular formula is C16H26Cl3N3O. The molecule has 0 radical (unpaired) electrons. The second-order valence-corrected chi connectivity index (χ2v) is 6.04. The van der Waals surface area contributed by atoms with E-state index in [2.05, 4.69) is 17.1 Å². The Balaban J connectivity index is 0.00000242. The van der Waals surface area contributed by atoms with Crippen molar-refractivity contribution in [3.8, 4) is 0 Å². The quantitative estimate of drug-likeness (QED) is 0.850. The highest BCUT2D eigenvalue weighted by molar-refractivity contribution is 6.30. The van der Waals surface area contributed by atoms with Gasteiger partial charge in [0.25, 0.3) is 0 Å². The minimum absolute atomic E-state index is 0. The van der Waals surface area contributed by atoms with E-state index in [9.17, 15) is 4.79 Å². The first-order chi connectivity index (χ1) is 10.1. The smallest absolute Gasteiger partial charge is 0.237 e. The number of nitrogens with one attached hydrogen (secondary N) is 1. The molecule has 1 unspecified atom stereocenters. The molecule has 132 valence electrons. The van der Waals surface area contributed by atoms with Gasteiger partial charge in [0.05, 0.1) is 12.6 Å². The number of benzene rings is 1. The van der Waals surface area contributed by atoms with Crippen LogP contribution in [0.1, 0.15) is 24.9 Å². The number of likely N-dealkylation sites (N-methyl/N-ethyl adjacent to an activating group) is 1. The van der Waals surface area contributed by atoms with E-state index in [1.165, 1.54) is 0 Å². The minimum atomic E-state index is 0. The molecular weight excluding hydrogens is 357 g/mol. The molecule has 1 amide bonds. The molecule has 0 bridgehead atoms. The van der Waals surface area contributed by atoms with Crippen LogP contribution in [-0.2, 0) is 4.79 Å². The third-order valence-corrected chi connectivity index (χ3v) is 4.04. The number of halogens is 3. The van der Waals surface area contributed by atoms with Gasteiger partial charge in [0.15, 0.2) is 0 Å². The van der Waals surface area contributed by atoms with E-state index in [0.29, 0.717) is 11.6 Å². The van der Waals surface area contributed by atoms with Crippen molar-refractivity contribution in [2.75, 3.05) is 39.8 Å². The number of piperazine rings is 1. The van der Waals surface area contributed by atoms with E-state index in [-0.39, 0.29) is 36.8 Å². The first-order valence-electron chi connectivity index (χ1n) is 7.56. The molecule has 1 N–H and O–H groups in total. The molecule has 1 aromatic carbocycles. The van der Waals surface area contributed by atoms with Crippen LogP contribution >= 0.6 is 36.4 Å². The summed E-state index contributed by atoms with van der Waals surface area (Å²) < 4.78 is 0. The Morgan fingerprint density at radius 1 is 1.43 bits per heavy atom. The zero-order valence-corrected chi connectivity index (χ0v) is 16.0. The predicted octanol–water partition coefficient (Wildman–Crippen LogP) is 3.00. The van der Waals surface area contributed by atoms with Crippen LogP contribution in [0.3, 0.4) is 0 Å². The maximum absolute atomic E-state index is 12.6. The Labute approximate surface area is 156 Å². The van der Waals surface area contributed by atoms with Crippen LogP contribution in [0.25, 0.3) is 0 Å².